The second-order valence-corrected chi connectivity index (χ2v) is 13.2. The second kappa shape index (κ2) is 25.9. The summed E-state index contributed by atoms with van der Waals surface area (Å²) in [5, 5.41) is 12.9. The molecule has 1 heterocycles. The minimum atomic E-state index is -4.17. The molecule has 6 N–H and O–H groups in total. The van der Waals surface area contributed by atoms with Crippen molar-refractivity contribution in [2.75, 3.05) is 26.8 Å². The van der Waals surface area contributed by atoms with Gasteiger partial charge in [0, 0.05) is 31.8 Å². The first-order chi connectivity index (χ1) is 24.2. The van der Waals surface area contributed by atoms with Crippen LogP contribution in [-0.2, 0) is 35.7 Å². The molecule has 1 saturated heterocycles. The van der Waals surface area contributed by atoms with E-state index in [1.807, 2.05) is 34.6 Å². The molecule has 0 aliphatic carbocycles. The van der Waals surface area contributed by atoms with Crippen LogP contribution in [0.15, 0.2) is 53.4 Å². The molecule has 14 heteroatoms. The molecule has 51 heavy (non-hydrogen) atoms. The Morgan fingerprint density at radius 1 is 0.961 bits per heavy atom. The smallest absolute Gasteiger partial charge is 0.243 e. The standard InChI is InChI=1S/C26H34N6O6S.C5H12O.C4H10.C2H6/c1-3-29-23(33)15-21(31-39(36,37)20-12-10-19(38-2)11-13-20)26(35)32-14-4-5-22(32)25(34)30-16-17-6-8-18(9-7-17)24(27)28;1-4-6-5(2)3;1-3-4-2;1-2/h6-13,21-22,31H,3-5,14-16H2,1-2H3,(H3,27,28)(H,29,33)(H,30,34);5H,4H2,1-3H3;3-4H2,1-2H3;1-2H3. The van der Waals surface area contributed by atoms with Crippen LogP contribution in [0.2, 0.25) is 0 Å². The van der Waals surface area contributed by atoms with Gasteiger partial charge in [0.25, 0.3) is 0 Å². The molecular formula is C37H62N6O7S. The van der Waals surface area contributed by atoms with E-state index in [2.05, 4.69) is 29.2 Å². The first-order valence-corrected chi connectivity index (χ1v) is 19.3. The molecule has 2 unspecified atom stereocenters. The summed E-state index contributed by atoms with van der Waals surface area (Å²) in [6.45, 7) is 17.7. The van der Waals surface area contributed by atoms with Gasteiger partial charge in [0.1, 0.15) is 23.7 Å². The number of hydrogen-bond donors (Lipinski definition) is 5. The Kier molecular flexibility index (Phi) is 23.8. The maximum absolute atomic E-state index is 13.6. The van der Waals surface area contributed by atoms with E-state index >= 15 is 0 Å². The predicted octanol–water partition coefficient (Wildman–Crippen LogP) is 4.72. The number of unbranched alkanes of at least 4 members (excludes halogenated alkanes) is 1. The van der Waals surface area contributed by atoms with Crippen LogP contribution in [0.5, 0.6) is 5.75 Å². The lowest BCUT2D eigenvalue weighted by molar-refractivity contribution is -0.140. The van der Waals surface area contributed by atoms with Gasteiger partial charge in [-0.15, -0.1) is 0 Å². The van der Waals surface area contributed by atoms with Crippen LogP contribution in [0.1, 0.15) is 98.6 Å². The van der Waals surface area contributed by atoms with Gasteiger partial charge in [-0.05, 0) is 70.4 Å². The number of methoxy groups -OCH3 is 1. The third-order valence-electron chi connectivity index (χ3n) is 7.30. The zero-order valence-corrected chi connectivity index (χ0v) is 32.8. The number of hydrogen-bond acceptors (Lipinski definition) is 8. The van der Waals surface area contributed by atoms with Crippen molar-refractivity contribution in [3.05, 3.63) is 59.7 Å². The van der Waals surface area contributed by atoms with Crippen LogP contribution in [0.4, 0.5) is 0 Å². The molecule has 0 saturated carbocycles. The normalized spacial score (nSPS) is 14.0. The molecule has 1 aliphatic rings. The van der Waals surface area contributed by atoms with Gasteiger partial charge in [0.2, 0.25) is 27.7 Å². The van der Waals surface area contributed by atoms with E-state index in [9.17, 15) is 22.8 Å². The third-order valence-corrected chi connectivity index (χ3v) is 8.79. The number of nitrogens with one attached hydrogen (secondary N) is 4. The summed E-state index contributed by atoms with van der Waals surface area (Å²) in [7, 11) is -2.72. The van der Waals surface area contributed by atoms with Crippen LogP contribution in [-0.4, -0.2) is 81.9 Å². The van der Waals surface area contributed by atoms with Gasteiger partial charge in [0.15, 0.2) is 0 Å². The van der Waals surface area contributed by atoms with Gasteiger partial charge in [-0.3, -0.25) is 19.8 Å². The van der Waals surface area contributed by atoms with Gasteiger partial charge in [-0.25, -0.2) is 8.42 Å². The first kappa shape index (κ1) is 47.0. The summed E-state index contributed by atoms with van der Waals surface area (Å²) >= 11 is 0. The minimum Gasteiger partial charge on any atom is -0.497 e. The molecule has 2 aromatic rings. The van der Waals surface area contributed by atoms with Crippen molar-refractivity contribution in [2.45, 2.75) is 117 Å². The van der Waals surface area contributed by atoms with Crippen LogP contribution in [0, 0.1) is 5.41 Å². The Balaban J connectivity index is 0.00000181. The lowest BCUT2D eigenvalue weighted by Gasteiger charge is -2.28. The monoisotopic (exact) mass is 734 g/mol. The van der Waals surface area contributed by atoms with Crippen molar-refractivity contribution in [1.29, 1.82) is 5.41 Å². The van der Waals surface area contributed by atoms with E-state index < -0.39 is 40.3 Å². The van der Waals surface area contributed by atoms with Crippen LogP contribution >= 0.6 is 0 Å². The van der Waals surface area contributed by atoms with Gasteiger partial charge in [-0.2, -0.15) is 4.72 Å². The quantitative estimate of drug-likeness (QED) is 0.128. The molecule has 0 bridgehead atoms. The highest BCUT2D eigenvalue weighted by molar-refractivity contribution is 7.89. The molecule has 3 amide bonds. The maximum Gasteiger partial charge on any atom is 0.243 e. The van der Waals surface area contributed by atoms with Crippen molar-refractivity contribution < 1.29 is 32.3 Å². The molecule has 2 aromatic carbocycles. The SMILES string of the molecule is CC.CCCC.CCNC(=O)CC(NS(=O)(=O)c1ccc(OC)cc1)C(=O)N1CCCC1C(=O)NCc1ccc(C(=N)N)cc1.CCOC(C)C. The average molecular weight is 735 g/mol. The zero-order valence-electron chi connectivity index (χ0n) is 32.0. The van der Waals surface area contributed by atoms with Crippen molar-refractivity contribution >= 4 is 33.6 Å². The van der Waals surface area contributed by atoms with E-state index in [-0.39, 0.29) is 29.7 Å². The summed E-state index contributed by atoms with van der Waals surface area (Å²) in [5.74, 6) is -1.13. The number of nitrogen functional groups attached to an aromatic ring is 1. The predicted molar refractivity (Wildman–Crippen MR) is 203 cm³/mol. The second-order valence-electron chi connectivity index (χ2n) is 11.5. The van der Waals surface area contributed by atoms with Gasteiger partial charge >= 0.3 is 0 Å². The lowest BCUT2D eigenvalue weighted by atomic mass is 10.1. The summed E-state index contributed by atoms with van der Waals surface area (Å²) in [5.41, 5.74) is 6.82. The van der Waals surface area contributed by atoms with E-state index in [1.54, 1.807) is 31.2 Å². The Labute approximate surface area is 306 Å². The number of amidine groups is 1. The van der Waals surface area contributed by atoms with E-state index in [0.29, 0.717) is 36.8 Å². The van der Waals surface area contributed by atoms with Gasteiger partial charge in [0.05, 0.1) is 24.5 Å². The summed E-state index contributed by atoms with van der Waals surface area (Å²) in [6, 6.07) is 10.2. The summed E-state index contributed by atoms with van der Waals surface area (Å²) in [6.07, 6.45) is 3.57. The van der Waals surface area contributed by atoms with Gasteiger partial charge in [-0.1, -0.05) is 64.8 Å². The molecule has 0 aromatic heterocycles. The largest absolute Gasteiger partial charge is 0.497 e. The fourth-order valence-corrected chi connectivity index (χ4v) is 5.78. The van der Waals surface area contributed by atoms with Crippen molar-refractivity contribution in [3.63, 3.8) is 0 Å². The number of benzene rings is 2. The fraction of sp³-hybridized carbons (Fsp3) is 0.568. The Hall–Kier alpha value is -4.01. The van der Waals surface area contributed by atoms with Crippen LogP contribution < -0.4 is 25.8 Å². The van der Waals surface area contributed by atoms with Crippen LogP contribution in [0.25, 0.3) is 0 Å². The minimum absolute atomic E-state index is 0.0597. The highest BCUT2D eigenvalue weighted by atomic mass is 32.2. The number of amides is 3. The number of sulfonamides is 1. The number of ether oxygens (including phenoxy) is 2. The summed E-state index contributed by atoms with van der Waals surface area (Å²) in [4.78, 5) is 40.2. The Bertz CT molecular complexity index is 1420. The first-order valence-electron chi connectivity index (χ1n) is 17.8. The molecule has 3 rings (SSSR count). The van der Waals surface area contributed by atoms with Crippen molar-refractivity contribution in [2.24, 2.45) is 5.73 Å². The highest BCUT2D eigenvalue weighted by Crippen LogP contribution is 2.21. The molecule has 1 fully saturated rings. The topological polar surface area (TPSA) is 193 Å². The average Bonchev–Trinajstić information content (AvgIpc) is 3.62. The maximum atomic E-state index is 13.6. The number of nitrogens with two attached hydrogens (primary N) is 1. The molecular weight excluding hydrogens is 673 g/mol. The number of nitrogens with zero attached hydrogens (tertiary/aromatic N) is 1. The van der Waals surface area contributed by atoms with Crippen molar-refractivity contribution in [1.82, 2.24) is 20.3 Å². The Morgan fingerprint density at radius 3 is 2.00 bits per heavy atom. The molecule has 0 radical (unpaired) electrons. The van der Waals surface area contributed by atoms with E-state index in [1.165, 1.54) is 49.1 Å². The van der Waals surface area contributed by atoms with E-state index in [4.69, 9.17) is 20.6 Å². The third kappa shape index (κ3) is 17.7. The van der Waals surface area contributed by atoms with Crippen LogP contribution in [0.3, 0.4) is 0 Å². The summed E-state index contributed by atoms with van der Waals surface area (Å²) < 4.78 is 38.6. The number of rotatable bonds is 15. The van der Waals surface area contributed by atoms with E-state index in [0.717, 1.165) is 12.2 Å². The number of likely N-dealkylation sites (tertiary alicyclic amines) is 1. The number of carbonyl (C=O) groups is 3. The Morgan fingerprint density at radius 2 is 1.55 bits per heavy atom. The highest BCUT2D eigenvalue weighted by Gasteiger charge is 2.39. The molecule has 0 spiro atoms. The zero-order chi connectivity index (χ0) is 39.0. The molecule has 13 nitrogen and oxygen atoms in total. The molecule has 2 atom stereocenters. The lowest BCUT2D eigenvalue weighted by Crippen LogP contribution is -2.54. The fourth-order valence-electron chi connectivity index (χ4n) is 4.59. The molecule has 1 aliphatic heterocycles. The van der Waals surface area contributed by atoms with Gasteiger partial charge < -0.3 is 30.7 Å². The van der Waals surface area contributed by atoms with Crippen molar-refractivity contribution in [3.8, 4) is 5.75 Å². The molecule has 288 valence electrons. The number of carbonyl (C=O) groups excluding carboxylic acids is 3.